The fraction of sp³-hybridized carbons (Fsp3) is 0.267. The van der Waals surface area contributed by atoms with E-state index in [9.17, 15) is 13.5 Å². The lowest BCUT2D eigenvalue weighted by atomic mass is 10.1. The first-order valence-corrected chi connectivity index (χ1v) is 8.47. The summed E-state index contributed by atoms with van der Waals surface area (Å²) in [5, 5.41) is 12.9. The molecule has 0 aliphatic carbocycles. The Morgan fingerprint density at radius 3 is 2.57 bits per heavy atom. The number of aliphatic hydroxyl groups is 1. The molecule has 1 unspecified atom stereocenters. The van der Waals surface area contributed by atoms with E-state index in [4.69, 9.17) is 0 Å². The van der Waals surface area contributed by atoms with Gasteiger partial charge in [0, 0.05) is 25.4 Å². The summed E-state index contributed by atoms with van der Waals surface area (Å²) in [5.74, 6) is 0.270. The van der Waals surface area contributed by atoms with Gasteiger partial charge in [-0.1, -0.05) is 30.3 Å². The molecule has 1 aromatic carbocycles. The van der Waals surface area contributed by atoms with Gasteiger partial charge in [-0.15, -0.1) is 0 Å². The number of hydrogen-bond acceptors (Lipinski definition) is 5. The summed E-state index contributed by atoms with van der Waals surface area (Å²) >= 11 is 0. The molecule has 6 heteroatoms. The molecule has 0 aliphatic rings. The molecule has 2 rings (SSSR count). The zero-order chi connectivity index (χ0) is 15.3. The van der Waals surface area contributed by atoms with Crippen LogP contribution in [-0.2, 0) is 16.3 Å². The first-order valence-electron chi connectivity index (χ1n) is 6.58. The molecule has 5 nitrogen and oxygen atoms in total. The van der Waals surface area contributed by atoms with Crippen LogP contribution in [0.1, 0.15) is 5.56 Å². The smallest absolute Gasteiger partial charge is 0.179 e. The second kappa shape index (κ2) is 6.69. The normalized spacial score (nSPS) is 12.9. The maximum atomic E-state index is 11.6. The van der Waals surface area contributed by atoms with Crippen molar-refractivity contribution in [3.8, 4) is 0 Å². The number of hydrogen-bond donors (Lipinski definition) is 2. The van der Waals surface area contributed by atoms with E-state index in [0.29, 0.717) is 6.42 Å². The molecule has 2 aromatic rings. The molecule has 0 saturated heterocycles. The van der Waals surface area contributed by atoms with Gasteiger partial charge in [0.2, 0.25) is 0 Å². The van der Waals surface area contributed by atoms with E-state index in [2.05, 4.69) is 10.3 Å². The summed E-state index contributed by atoms with van der Waals surface area (Å²) in [6.07, 6.45) is 2.52. The van der Waals surface area contributed by atoms with E-state index in [1.807, 2.05) is 30.3 Å². The summed E-state index contributed by atoms with van der Waals surface area (Å²) in [4.78, 5) is 4.16. The van der Waals surface area contributed by atoms with Crippen molar-refractivity contribution in [2.24, 2.45) is 0 Å². The van der Waals surface area contributed by atoms with E-state index < -0.39 is 15.9 Å². The lowest BCUT2D eigenvalue weighted by molar-refractivity contribution is 0.188. The van der Waals surface area contributed by atoms with Crippen LogP contribution >= 0.6 is 0 Å². The van der Waals surface area contributed by atoms with Gasteiger partial charge >= 0.3 is 0 Å². The number of aromatic nitrogens is 1. The molecule has 21 heavy (non-hydrogen) atoms. The van der Waals surface area contributed by atoms with Crippen molar-refractivity contribution in [3.63, 3.8) is 0 Å². The molecule has 1 aromatic heterocycles. The number of pyridine rings is 1. The van der Waals surface area contributed by atoms with Gasteiger partial charge in [-0.05, 0) is 17.7 Å². The highest BCUT2D eigenvalue weighted by Crippen LogP contribution is 2.17. The minimum Gasteiger partial charge on any atom is -0.391 e. The minimum atomic E-state index is -3.35. The van der Waals surface area contributed by atoms with E-state index in [0.717, 1.165) is 11.8 Å². The first-order chi connectivity index (χ1) is 9.97. The molecule has 0 amide bonds. The molecule has 1 atom stereocenters. The average Bonchev–Trinajstić information content (AvgIpc) is 2.45. The van der Waals surface area contributed by atoms with E-state index >= 15 is 0 Å². The SMILES string of the molecule is CS(=O)(=O)c1cccnc1NCC(O)Cc1ccccc1. The van der Waals surface area contributed by atoms with Gasteiger partial charge in [0.15, 0.2) is 9.84 Å². The third-order valence-electron chi connectivity index (χ3n) is 2.99. The second-order valence-corrected chi connectivity index (χ2v) is 6.83. The molecule has 0 saturated carbocycles. The van der Waals surface area contributed by atoms with Crippen molar-refractivity contribution in [3.05, 3.63) is 54.2 Å². The Labute approximate surface area is 124 Å². The summed E-state index contributed by atoms with van der Waals surface area (Å²) in [6, 6.07) is 12.7. The fourth-order valence-electron chi connectivity index (χ4n) is 2.00. The van der Waals surface area contributed by atoms with Gasteiger partial charge in [-0.2, -0.15) is 0 Å². The maximum Gasteiger partial charge on any atom is 0.179 e. The Balaban J connectivity index is 2.00. The summed E-state index contributed by atoms with van der Waals surface area (Å²) in [6.45, 7) is 0.231. The standard InChI is InChI=1S/C15H18N2O3S/c1-21(19,20)14-8-5-9-16-15(14)17-11-13(18)10-12-6-3-2-4-7-12/h2-9,13,18H,10-11H2,1H3,(H,16,17). The van der Waals surface area contributed by atoms with Crippen LogP contribution in [0.5, 0.6) is 0 Å². The van der Waals surface area contributed by atoms with E-state index in [1.54, 1.807) is 6.07 Å². The molecule has 0 radical (unpaired) electrons. The molecular formula is C15H18N2O3S. The molecule has 2 N–H and O–H groups in total. The fourth-order valence-corrected chi connectivity index (χ4v) is 2.80. The lowest BCUT2D eigenvalue weighted by Crippen LogP contribution is -2.23. The highest BCUT2D eigenvalue weighted by molar-refractivity contribution is 7.90. The summed E-state index contributed by atoms with van der Waals surface area (Å²) in [7, 11) is -3.35. The molecule has 0 spiro atoms. The minimum absolute atomic E-state index is 0.136. The van der Waals surface area contributed by atoms with Gasteiger partial charge in [-0.25, -0.2) is 13.4 Å². The Hall–Kier alpha value is -1.92. The lowest BCUT2D eigenvalue weighted by Gasteiger charge is -2.14. The van der Waals surface area contributed by atoms with Crippen LogP contribution in [-0.4, -0.2) is 37.4 Å². The van der Waals surface area contributed by atoms with Gasteiger partial charge in [0.1, 0.15) is 10.7 Å². The molecule has 1 heterocycles. The van der Waals surface area contributed by atoms with Crippen molar-refractivity contribution in [2.45, 2.75) is 17.4 Å². The predicted octanol–water partition coefficient (Wildman–Crippen LogP) is 1.50. The van der Waals surface area contributed by atoms with Crippen molar-refractivity contribution < 1.29 is 13.5 Å². The molecule has 0 bridgehead atoms. The number of benzene rings is 1. The van der Waals surface area contributed by atoms with Crippen LogP contribution < -0.4 is 5.32 Å². The molecule has 112 valence electrons. The zero-order valence-electron chi connectivity index (χ0n) is 11.7. The quantitative estimate of drug-likeness (QED) is 0.845. The highest BCUT2D eigenvalue weighted by atomic mass is 32.2. The van der Waals surface area contributed by atoms with Crippen molar-refractivity contribution in [2.75, 3.05) is 18.1 Å². The van der Waals surface area contributed by atoms with Crippen molar-refractivity contribution >= 4 is 15.7 Å². The van der Waals surface area contributed by atoms with Crippen LogP contribution in [0.4, 0.5) is 5.82 Å². The molecule has 0 fully saturated rings. The van der Waals surface area contributed by atoms with Gasteiger partial charge in [0.25, 0.3) is 0 Å². The maximum absolute atomic E-state index is 11.6. The Kier molecular flexibility index (Phi) is 4.93. The Morgan fingerprint density at radius 1 is 1.19 bits per heavy atom. The van der Waals surface area contributed by atoms with Crippen LogP contribution in [0.25, 0.3) is 0 Å². The number of sulfone groups is 1. The predicted molar refractivity (Wildman–Crippen MR) is 82.0 cm³/mol. The Morgan fingerprint density at radius 2 is 1.90 bits per heavy atom. The van der Waals surface area contributed by atoms with E-state index in [-0.39, 0.29) is 17.3 Å². The van der Waals surface area contributed by atoms with Crippen molar-refractivity contribution in [1.29, 1.82) is 0 Å². The van der Waals surface area contributed by atoms with Gasteiger partial charge < -0.3 is 10.4 Å². The van der Waals surface area contributed by atoms with Gasteiger partial charge in [0.05, 0.1) is 6.10 Å². The third-order valence-corrected chi connectivity index (χ3v) is 4.12. The third kappa shape index (κ3) is 4.54. The van der Waals surface area contributed by atoms with Crippen LogP contribution in [0.15, 0.2) is 53.6 Å². The Bertz CT molecular complexity index is 687. The average molecular weight is 306 g/mol. The second-order valence-electron chi connectivity index (χ2n) is 4.85. The summed E-state index contributed by atoms with van der Waals surface area (Å²) in [5.41, 5.74) is 1.02. The zero-order valence-corrected chi connectivity index (χ0v) is 12.5. The number of nitrogens with one attached hydrogen (secondary N) is 1. The largest absolute Gasteiger partial charge is 0.391 e. The van der Waals surface area contributed by atoms with E-state index in [1.165, 1.54) is 12.3 Å². The monoisotopic (exact) mass is 306 g/mol. The number of nitrogens with zero attached hydrogens (tertiary/aromatic N) is 1. The van der Waals surface area contributed by atoms with Crippen LogP contribution in [0.2, 0.25) is 0 Å². The number of aliphatic hydroxyl groups excluding tert-OH is 1. The van der Waals surface area contributed by atoms with Gasteiger partial charge in [-0.3, -0.25) is 0 Å². The highest BCUT2D eigenvalue weighted by Gasteiger charge is 2.14. The number of rotatable bonds is 6. The first kappa shape index (κ1) is 15.5. The van der Waals surface area contributed by atoms with Crippen molar-refractivity contribution in [1.82, 2.24) is 4.98 Å². The number of anilines is 1. The topological polar surface area (TPSA) is 79.3 Å². The summed E-state index contributed by atoms with van der Waals surface area (Å²) < 4.78 is 23.3. The molecule has 0 aliphatic heterocycles. The van der Waals surface area contributed by atoms with Crippen LogP contribution in [0.3, 0.4) is 0 Å². The van der Waals surface area contributed by atoms with Crippen LogP contribution in [0, 0.1) is 0 Å². The molecular weight excluding hydrogens is 288 g/mol.